The summed E-state index contributed by atoms with van der Waals surface area (Å²) in [7, 11) is 0. The summed E-state index contributed by atoms with van der Waals surface area (Å²) in [4.78, 5) is 13.0. The normalized spacial score (nSPS) is 33.3. The summed E-state index contributed by atoms with van der Waals surface area (Å²) in [6.07, 6.45) is 11.8. The number of carbonyl (C=O) groups excluding carboxylic acids is 1. The molecule has 0 aromatic heterocycles. The molecule has 0 bridgehead atoms. The predicted octanol–water partition coefficient (Wildman–Crippen LogP) is 3.24. The number of fused-ring (bicyclic) bond motifs is 1. The molecule has 22 heavy (non-hydrogen) atoms. The number of aliphatic hydroxyl groups is 1. The van der Waals surface area contributed by atoms with Gasteiger partial charge in [0.2, 0.25) is 0 Å². The van der Waals surface area contributed by atoms with E-state index in [1.807, 2.05) is 57.2 Å². The van der Waals surface area contributed by atoms with E-state index in [0.717, 1.165) is 16.9 Å². The second-order valence-electron chi connectivity index (χ2n) is 6.21. The molecular formula is C19H22O3. The second kappa shape index (κ2) is 5.73. The minimum absolute atomic E-state index is 0.00390. The summed E-state index contributed by atoms with van der Waals surface area (Å²) in [5.74, 6) is 0.781. The summed E-state index contributed by atoms with van der Waals surface area (Å²) in [6.45, 7) is 5.81. The van der Waals surface area contributed by atoms with Gasteiger partial charge in [0, 0.05) is 23.5 Å². The highest BCUT2D eigenvalue weighted by atomic mass is 16.5. The number of ketones is 1. The van der Waals surface area contributed by atoms with Gasteiger partial charge in [0.15, 0.2) is 5.78 Å². The van der Waals surface area contributed by atoms with Gasteiger partial charge < -0.3 is 9.84 Å². The van der Waals surface area contributed by atoms with E-state index in [4.69, 9.17) is 4.74 Å². The first-order valence-electron chi connectivity index (χ1n) is 7.90. The van der Waals surface area contributed by atoms with Crippen LogP contribution in [0.3, 0.4) is 0 Å². The Balaban J connectivity index is 1.96. The van der Waals surface area contributed by atoms with Crippen LogP contribution in [0.4, 0.5) is 0 Å². The van der Waals surface area contributed by atoms with Gasteiger partial charge in [0.25, 0.3) is 0 Å². The number of aliphatic hydroxyl groups excluding tert-OH is 1. The lowest BCUT2D eigenvalue weighted by molar-refractivity contribution is -0.112. The third kappa shape index (κ3) is 2.40. The van der Waals surface area contributed by atoms with Crippen molar-refractivity contribution in [3.63, 3.8) is 0 Å². The Morgan fingerprint density at radius 3 is 2.73 bits per heavy atom. The Labute approximate surface area is 131 Å². The largest absolute Gasteiger partial charge is 0.489 e. The summed E-state index contributed by atoms with van der Waals surface area (Å²) in [5.41, 5.74) is 2.28. The smallest absolute Gasteiger partial charge is 0.192 e. The third-order valence-corrected chi connectivity index (χ3v) is 4.61. The van der Waals surface area contributed by atoms with Crippen LogP contribution in [0.2, 0.25) is 0 Å². The van der Waals surface area contributed by atoms with E-state index in [2.05, 4.69) is 0 Å². The molecule has 0 saturated heterocycles. The van der Waals surface area contributed by atoms with Crippen molar-refractivity contribution in [3.8, 4) is 0 Å². The maximum atomic E-state index is 13.0. The van der Waals surface area contributed by atoms with Gasteiger partial charge in [-0.25, -0.2) is 0 Å². The SMILES string of the molecule is CCC1=C(C(=O)C2=CC(C)C(O)C(C)=C2)C2C=CC=CC2O1. The average molecular weight is 298 g/mol. The van der Waals surface area contributed by atoms with E-state index in [1.165, 1.54) is 0 Å². The summed E-state index contributed by atoms with van der Waals surface area (Å²) in [6, 6.07) is 0. The summed E-state index contributed by atoms with van der Waals surface area (Å²) < 4.78 is 5.94. The maximum absolute atomic E-state index is 13.0. The van der Waals surface area contributed by atoms with E-state index in [1.54, 1.807) is 0 Å². The summed E-state index contributed by atoms with van der Waals surface area (Å²) >= 11 is 0. The van der Waals surface area contributed by atoms with Gasteiger partial charge in [-0.2, -0.15) is 0 Å². The Bertz CT molecular complexity index is 646. The fourth-order valence-corrected chi connectivity index (χ4v) is 3.39. The fraction of sp³-hybridized carbons (Fsp3) is 0.421. The van der Waals surface area contributed by atoms with Gasteiger partial charge >= 0.3 is 0 Å². The molecule has 1 N–H and O–H groups in total. The van der Waals surface area contributed by atoms with Crippen LogP contribution in [0.15, 0.2) is 58.9 Å². The third-order valence-electron chi connectivity index (χ3n) is 4.61. The molecule has 0 radical (unpaired) electrons. The molecule has 0 amide bonds. The molecule has 3 aliphatic rings. The first kappa shape index (κ1) is 15.0. The minimum atomic E-state index is -0.499. The number of Topliss-reactive ketones (excluding diaryl/α,β-unsaturated/α-hetero) is 1. The lowest BCUT2D eigenvalue weighted by Crippen LogP contribution is -2.25. The zero-order valence-electron chi connectivity index (χ0n) is 13.2. The standard InChI is InChI=1S/C19H22O3/c1-4-15-17(14-7-5-6-8-16(14)22-15)19(21)13-9-11(2)18(20)12(3)10-13/h5-11,14,16,18,20H,4H2,1-3H3. The monoisotopic (exact) mass is 298 g/mol. The first-order chi connectivity index (χ1) is 10.5. The number of ether oxygens (including phenoxy) is 1. The highest BCUT2D eigenvalue weighted by Crippen LogP contribution is 2.39. The molecule has 1 heterocycles. The Kier molecular flexibility index (Phi) is 3.92. The average Bonchev–Trinajstić information content (AvgIpc) is 2.89. The molecule has 1 aliphatic heterocycles. The van der Waals surface area contributed by atoms with Gasteiger partial charge in [-0.15, -0.1) is 0 Å². The van der Waals surface area contributed by atoms with Crippen LogP contribution in [0.25, 0.3) is 0 Å². The van der Waals surface area contributed by atoms with Crippen molar-refractivity contribution in [2.45, 2.75) is 39.4 Å². The quantitative estimate of drug-likeness (QED) is 0.870. The van der Waals surface area contributed by atoms with E-state index >= 15 is 0 Å². The van der Waals surface area contributed by atoms with E-state index in [-0.39, 0.29) is 23.7 Å². The molecule has 3 rings (SSSR count). The number of carbonyl (C=O) groups is 1. The molecule has 4 unspecified atom stereocenters. The molecule has 0 spiro atoms. The van der Waals surface area contributed by atoms with Gasteiger partial charge in [-0.3, -0.25) is 4.79 Å². The lowest BCUT2D eigenvalue weighted by atomic mass is 9.82. The maximum Gasteiger partial charge on any atom is 0.192 e. The Morgan fingerprint density at radius 2 is 2.05 bits per heavy atom. The highest BCUT2D eigenvalue weighted by Gasteiger charge is 2.38. The Morgan fingerprint density at radius 1 is 1.32 bits per heavy atom. The number of hydrogen-bond acceptors (Lipinski definition) is 3. The highest BCUT2D eigenvalue weighted by molar-refractivity contribution is 6.11. The van der Waals surface area contributed by atoms with Crippen LogP contribution in [0.1, 0.15) is 27.2 Å². The van der Waals surface area contributed by atoms with Crippen LogP contribution in [-0.2, 0) is 9.53 Å². The molecule has 4 atom stereocenters. The number of allylic oxidation sites excluding steroid dienone is 5. The van der Waals surface area contributed by atoms with Gasteiger partial charge in [0.1, 0.15) is 11.9 Å². The molecule has 0 fully saturated rings. The van der Waals surface area contributed by atoms with E-state index in [0.29, 0.717) is 12.0 Å². The molecule has 0 saturated carbocycles. The number of rotatable bonds is 3. The lowest BCUT2D eigenvalue weighted by Gasteiger charge is -2.23. The molecule has 0 aromatic carbocycles. The van der Waals surface area contributed by atoms with Gasteiger partial charge in [-0.1, -0.05) is 38.2 Å². The van der Waals surface area contributed by atoms with Crippen molar-refractivity contribution < 1.29 is 14.6 Å². The van der Waals surface area contributed by atoms with Crippen molar-refractivity contribution in [1.29, 1.82) is 0 Å². The number of hydrogen-bond donors (Lipinski definition) is 1. The van der Waals surface area contributed by atoms with Crippen LogP contribution in [-0.4, -0.2) is 23.1 Å². The van der Waals surface area contributed by atoms with Crippen LogP contribution >= 0.6 is 0 Å². The predicted molar refractivity (Wildman–Crippen MR) is 86.0 cm³/mol. The minimum Gasteiger partial charge on any atom is -0.489 e. The molecular weight excluding hydrogens is 276 g/mol. The molecule has 3 nitrogen and oxygen atoms in total. The van der Waals surface area contributed by atoms with E-state index in [9.17, 15) is 9.90 Å². The van der Waals surface area contributed by atoms with Crippen molar-refractivity contribution in [3.05, 3.63) is 58.9 Å². The van der Waals surface area contributed by atoms with Gasteiger partial charge in [0.05, 0.1) is 12.0 Å². The van der Waals surface area contributed by atoms with Crippen LogP contribution in [0, 0.1) is 11.8 Å². The summed E-state index contributed by atoms with van der Waals surface area (Å²) in [5, 5.41) is 10.0. The molecule has 0 aromatic rings. The first-order valence-corrected chi connectivity index (χ1v) is 7.90. The van der Waals surface area contributed by atoms with Crippen molar-refractivity contribution >= 4 is 5.78 Å². The van der Waals surface area contributed by atoms with Crippen molar-refractivity contribution in [1.82, 2.24) is 0 Å². The molecule has 2 aliphatic carbocycles. The van der Waals surface area contributed by atoms with Crippen LogP contribution < -0.4 is 0 Å². The topological polar surface area (TPSA) is 46.5 Å². The zero-order chi connectivity index (χ0) is 15.9. The Hall–Kier alpha value is -1.87. The van der Waals surface area contributed by atoms with Gasteiger partial charge in [-0.05, 0) is 24.6 Å². The fourth-order valence-electron chi connectivity index (χ4n) is 3.39. The van der Waals surface area contributed by atoms with Crippen molar-refractivity contribution in [2.24, 2.45) is 11.8 Å². The van der Waals surface area contributed by atoms with E-state index < -0.39 is 6.10 Å². The zero-order valence-corrected chi connectivity index (χ0v) is 13.2. The van der Waals surface area contributed by atoms with Crippen molar-refractivity contribution in [2.75, 3.05) is 0 Å². The molecule has 116 valence electrons. The second-order valence-corrected chi connectivity index (χ2v) is 6.21. The van der Waals surface area contributed by atoms with Crippen LogP contribution in [0.5, 0.6) is 0 Å². The molecule has 3 heteroatoms.